The molecule has 0 unspecified atom stereocenters. The number of hydrogen-bond acceptors (Lipinski definition) is 4. The third kappa shape index (κ3) is 4.15. The number of fused-ring (bicyclic) bond motifs is 1. The molecule has 2 aromatic carbocycles. The number of aliphatic hydroxyl groups excluding tert-OH is 1. The molecule has 1 fully saturated rings. The molecule has 2 atom stereocenters. The number of para-hydroxylation sites is 1. The van der Waals surface area contributed by atoms with E-state index in [0.29, 0.717) is 6.42 Å². The maximum atomic E-state index is 13.7. The Kier molecular flexibility index (Phi) is 5.96. The molecular weight excluding hydrogens is 395 g/mol. The van der Waals surface area contributed by atoms with Gasteiger partial charge in [-0.25, -0.2) is 4.39 Å². The van der Waals surface area contributed by atoms with Gasteiger partial charge in [-0.2, -0.15) is 0 Å². The van der Waals surface area contributed by atoms with Crippen molar-refractivity contribution in [2.45, 2.75) is 57.3 Å². The number of aliphatic hydroxyl groups is 1. The number of benzene rings is 2. The Bertz CT molecular complexity index is 1020. The van der Waals surface area contributed by atoms with Gasteiger partial charge in [-0.3, -0.25) is 4.79 Å². The molecule has 0 saturated carbocycles. The Morgan fingerprint density at radius 1 is 1.13 bits per heavy atom. The van der Waals surface area contributed by atoms with E-state index in [-0.39, 0.29) is 12.2 Å². The molecule has 2 aliphatic rings. The topological polar surface area (TPSA) is 55.8 Å². The van der Waals surface area contributed by atoms with Gasteiger partial charge in [-0.05, 0) is 48.3 Å². The van der Waals surface area contributed by atoms with Crippen molar-refractivity contribution >= 4 is 11.5 Å². The molecule has 1 N–H and O–H groups in total. The van der Waals surface area contributed by atoms with Crippen LogP contribution in [0.4, 0.5) is 4.39 Å². The predicted molar refractivity (Wildman–Crippen MR) is 117 cm³/mol. The highest BCUT2D eigenvalue weighted by Gasteiger charge is 2.39. The second-order valence-electron chi connectivity index (χ2n) is 8.08. The highest BCUT2D eigenvalue weighted by molar-refractivity contribution is 5.88. The van der Waals surface area contributed by atoms with Crippen LogP contribution in [0.25, 0.3) is 5.57 Å². The SMILES string of the molecule is CCC1(CC)Oc2ccccc2C(c2ccc(F)cc2)=C1/C=C/[C@H]1C[C@H](O)CC(=O)O1. The van der Waals surface area contributed by atoms with Gasteiger partial charge >= 0.3 is 5.97 Å². The Hall–Kier alpha value is -2.92. The second kappa shape index (κ2) is 8.67. The van der Waals surface area contributed by atoms with Crippen molar-refractivity contribution in [3.8, 4) is 5.75 Å². The van der Waals surface area contributed by atoms with Crippen LogP contribution in [0.3, 0.4) is 0 Å². The average Bonchev–Trinajstić information content (AvgIpc) is 2.76. The molecule has 2 aromatic rings. The highest BCUT2D eigenvalue weighted by atomic mass is 19.1. The van der Waals surface area contributed by atoms with Gasteiger partial charge in [0.1, 0.15) is 23.3 Å². The van der Waals surface area contributed by atoms with Gasteiger partial charge in [0.2, 0.25) is 0 Å². The van der Waals surface area contributed by atoms with Crippen LogP contribution in [0.5, 0.6) is 5.75 Å². The summed E-state index contributed by atoms with van der Waals surface area (Å²) in [4.78, 5) is 11.8. The number of rotatable bonds is 5. The van der Waals surface area contributed by atoms with E-state index in [0.717, 1.165) is 40.9 Å². The number of carbonyl (C=O) groups is 1. The van der Waals surface area contributed by atoms with Crippen LogP contribution in [0, 0.1) is 5.82 Å². The molecule has 0 spiro atoms. The van der Waals surface area contributed by atoms with E-state index in [1.807, 2.05) is 36.4 Å². The predicted octanol–water partition coefficient (Wildman–Crippen LogP) is 5.20. The Balaban J connectivity index is 1.89. The number of hydrogen-bond donors (Lipinski definition) is 1. The van der Waals surface area contributed by atoms with Gasteiger partial charge in [-0.1, -0.05) is 50.3 Å². The van der Waals surface area contributed by atoms with Crippen LogP contribution in [0.2, 0.25) is 0 Å². The fourth-order valence-electron chi connectivity index (χ4n) is 4.47. The summed E-state index contributed by atoms with van der Waals surface area (Å²) in [7, 11) is 0. The number of carbonyl (C=O) groups excluding carboxylic acids is 1. The van der Waals surface area contributed by atoms with Crippen LogP contribution in [-0.4, -0.2) is 28.9 Å². The van der Waals surface area contributed by atoms with Gasteiger partial charge in [0, 0.05) is 17.6 Å². The van der Waals surface area contributed by atoms with Crippen molar-refractivity contribution < 1.29 is 23.8 Å². The summed E-state index contributed by atoms with van der Waals surface area (Å²) in [5, 5.41) is 9.96. The van der Waals surface area contributed by atoms with Crippen LogP contribution in [0.15, 0.2) is 66.3 Å². The van der Waals surface area contributed by atoms with Crippen molar-refractivity contribution in [1.82, 2.24) is 0 Å². The number of ether oxygens (including phenoxy) is 2. The first-order valence-corrected chi connectivity index (χ1v) is 10.8. The fourth-order valence-corrected chi connectivity index (χ4v) is 4.47. The summed E-state index contributed by atoms with van der Waals surface area (Å²) in [5.74, 6) is 0.105. The first-order valence-electron chi connectivity index (χ1n) is 10.8. The smallest absolute Gasteiger partial charge is 0.309 e. The van der Waals surface area contributed by atoms with Gasteiger partial charge in [0.05, 0.1) is 12.5 Å². The Morgan fingerprint density at radius 2 is 1.84 bits per heavy atom. The first kappa shape index (κ1) is 21.3. The molecular formula is C26H27FO4. The summed E-state index contributed by atoms with van der Waals surface area (Å²) >= 11 is 0. The molecule has 0 bridgehead atoms. The van der Waals surface area contributed by atoms with Crippen LogP contribution < -0.4 is 4.74 Å². The van der Waals surface area contributed by atoms with Crippen LogP contribution >= 0.6 is 0 Å². The Morgan fingerprint density at radius 3 is 2.52 bits per heavy atom. The summed E-state index contributed by atoms with van der Waals surface area (Å²) in [6.45, 7) is 4.16. The summed E-state index contributed by atoms with van der Waals surface area (Å²) in [5.41, 5.74) is 3.19. The third-order valence-corrected chi connectivity index (χ3v) is 6.16. The van der Waals surface area contributed by atoms with Crippen molar-refractivity contribution in [3.05, 3.63) is 83.2 Å². The van der Waals surface area contributed by atoms with Gasteiger partial charge in [0.25, 0.3) is 0 Å². The van der Waals surface area contributed by atoms with Gasteiger partial charge in [0.15, 0.2) is 0 Å². The summed E-state index contributed by atoms with van der Waals surface area (Å²) in [6, 6.07) is 14.3. The minimum atomic E-state index is -0.702. The monoisotopic (exact) mass is 422 g/mol. The summed E-state index contributed by atoms with van der Waals surface area (Å²) < 4.78 is 25.6. The van der Waals surface area contributed by atoms with Gasteiger partial charge in [-0.15, -0.1) is 0 Å². The van der Waals surface area contributed by atoms with E-state index < -0.39 is 23.8 Å². The molecule has 2 aliphatic heterocycles. The third-order valence-electron chi connectivity index (χ3n) is 6.16. The molecule has 0 aromatic heterocycles. The molecule has 0 radical (unpaired) electrons. The zero-order valence-corrected chi connectivity index (χ0v) is 17.8. The van der Waals surface area contributed by atoms with E-state index in [9.17, 15) is 14.3 Å². The molecule has 2 heterocycles. The number of esters is 1. The minimum Gasteiger partial charge on any atom is -0.482 e. The number of halogens is 1. The maximum absolute atomic E-state index is 13.7. The molecule has 0 aliphatic carbocycles. The van der Waals surface area contributed by atoms with Crippen molar-refractivity contribution in [3.63, 3.8) is 0 Å². The molecule has 0 amide bonds. The van der Waals surface area contributed by atoms with Crippen molar-refractivity contribution in [1.29, 1.82) is 0 Å². The quantitative estimate of drug-likeness (QED) is 0.673. The maximum Gasteiger partial charge on any atom is 0.309 e. The molecule has 31 heavy (non-hydrogen) atoms. The lowest BCUT2D eigenvalue weighted by molar-refractivity contribution is -0.156. The van der Waals surface area contributed by atoms with Crippen molar-refractivity contribution in [2.24, 2.45) is 0 Å². The van der Waals surface area contributed by atoms with Crippen LogP contribution in [-0.2, 0) is 9.53 Å². The Labute approximate surface area is 182 Å². The molecule has 4 nitrogen and oxygen atoms in total. The molecule has 162 valence electrons. The van der Waals surface area contributed by atoms with E-state index in [1.54, 1.807) is 12.1 Å². The van der Waals surface area contributed by atoms with Gasteiger partial charge < -0.3 is 14.6 Å². The van der Waals surface area contributed by atoms with Crippen LogP contribution in [0.1, 0.15) is 50.7 Å². The lowest BCUT2D eigenvalue weighted by Gasteiger charge is -2.40. The minimum absolute atomic E-state index is 0.0260. The molecule has 4 rings (SSSR count). The molecule has 5 heteroatoms. The van der Waals surface area contributed by atoms with E-state index in [4.69, 9.17) is 9.47 Å². The lowest BCUT2D eigenvalue weighted by atomic mass is 9.77. The highest BCUT2D eigenvalue weighted by Crippen LogP contribution is 2.47. The fraction of sp³-hybridized carbons (Fsp3) is 0.346. The lowest BCUT2D eigenvalue weighted by Crippen LogP contribution is -2.40. The summed E-state index contributed by atoms with van der Waals surface area (Å²) in [6.07, 6.45) is 4.44. The molecule has 1 saturated heterocycles. The van der Waals surface area contributed by atoms with E-state index in [1.165, 1.54) is 12.1 Å². The standard InChI is InChI=1S/C26H27FO4/c1-3-26(4-2)22(14-13-20-15-19(28)16-24(29)30-20)25(17-9-11-18(27)12-10-17)21-7-5-6-8-23(21)31-26/h5-14,19-20,28H,3-4,15-16H2,1-2H3/b14-13+/t19-,20-/m0/s1. The zero-order valence-electron chi connectivity index (χ0n) is 17.8. The van der Waals surface area contributed by atoms with E-state index >= 15 is 0 Å². The zero-order chi connectivity index (χ0) is 22.0. The average molecular weight is 422 g/mol. The first-order chi connectivity index (χ1) is 15.0. The second-order valence-corrected chi connectivity index (χ2v) is 8.08. The van der Waals surface area contributed by atoms with E-state index in [2.05, 4.69) is 13.8 Å². The van der Waals surface area contributed by atoms with Crippen molar-refractivity contribution in [2.75, 3.05) is 0 Å². The number of cyclic esters (lactones) is 1. The normalized spacial score (nSPS) is 22.8. The largest absolute Gasteiger partial charge is 0.482 e.